The van der Waals surface area contributed by atoms with Crippen LogP contribution in [0.3, 0.4) is 0 Å². The lowest BCUT2D eigenvalue weighted by atomic mass is 10.2. The molecule has 2 unspecified atom stereocenters. The van der Waals surface area contributed by atoms with Gasteiger partial charge in [-0.15, -0.1) is 0 Å². The Morgan fingerprint density at radius 1 is 1.57 bits per heavy atom. The summed E-state index contributed by atoms with van der Waals surface area (Å²) in [6, 6.07) is -0.306. The monoisotopic (exact) mass is 200 g/mol. The molecule has 0 spiro atoms. The predicted octanol–water partition coefficient (Wildman–Crippen LogP) is 0.459. The zero-order valence-corrected chi connectivity index (χ0v) is 8.42. The van der Waals surface area contributed by atoms with E-state index in [2.05, 4.69) is 17.6 Å². The van der Waals surface area contributed by atoms with Crippen molar-refractivity contribution >= 4 is 5.91 Å². The van der Waals surface area contributed by atoms with E-state index in [4.69, 9.17) is 0 Å². The first-order valence-corrected chi connectivity index (χ1v) is 5.32. The van der Waals surface area contributed by atoms with E-state index in [9.17, 15) is 9.18 Å². The van der Waals surface area contributed by atoms with Crippen LogP contribution < -0.4 is 10.6 Å². The number of rotatable bonds is 3. The Morgan fingerprint density at radius 2 is 2.29 bits per heavy atom. The lowest BCUT2D eigenvalue weighted by Gasteiger charge is -2.10. The van der Waals surface area contributed by atoms with Crippen molar-refractivity contribution in [2.24, 2.45) is 11.8 Å². The first-order chi connectivity index (χ1) is 6.66. The first-order valence-electron chi connectivity index (χ1n) is 5.32. The van der Waals surface area contributed by atoms with Gasteiger partial charge in [0.2, 0.25) is 5.91 Å². The Bertz CT molecular complexity index is 234. The molecule has 1 amide bonds. The van der Waals surface area contributed by atoms with Crippen molar-refractivity contribution in [2.45, 2.75) is 32.0 Å². The van der Waals surface area contributed by atoms with E-state index >= 15 is 0 Å². The van der Waals surface area contributed by atoms with Crippen LogP contribution in [0.2, 0.25) is 0 Å². The highest BCUT2D eigenvalue weighted by molar-refractivity contribution is 5.82. The molecule has 14 heavy (non-hydrogen) atoms. The molecule has 0 radical (unpaired) electrons. The predicted molar refractivity (Wildman–Crippen MR) is 51.6 cm³/mol. The molecule has 0 aromatic carbocycles. The van der Waals surface area contributed by atoms with Crippen molar-refractivity contribution in [3.05, 3.63) is 0 Å². The third-order valence-corrected chi connectivity index (χ3v) is 3.21. The van der Waals surface area contributed by atoms with Crippen LogP contribution in [0.25, 0.3) is 0 Å². The number of amides is 1. The van der Waals surface area contributed by atoms with E-state index in [1.54, 1.807) is 0 Å². The zero-order chi connectivity index (χ0) is 10.1. The highest BCUT2D eigenvalue weighted by atomic mass is 19.1. The smallest absolute Gasteiger partial charge is 0.237 e. The molecule has 1 aliphatic heterocycles. The number of halogens is 1. The molecule has 0 aromatic heterocycles. The van der Waals surface area contributed by atoms with Crippen LogP contribution in [-0.2, 0) is 4.79 Å². The van der Waals surface area contributed by atoms with Gasteiger partial charge in [0.05, 0.1) is 6.04 Å². The minimum Gasteiger partial charge on any atom is -0.354 e. The maximum Gasteiger partial charge on any atom is 0.237 e. The summed E-state index contributed by atoms with van der Waals surface area (Å²) >= 11 is 0. The minimum absolute atomic E-state index is 0.0377. The van der Waals surface area contributed by atoms with Gasteiger partial charge in [-0.05, 0) is 18.3 Å². The second-order valence-corrected chi connectivity index (χ2v) is 4.51. The molecule has 2 N–H and O–H groups in total. The number of carbonyl (C=O) groups excluding carboxylic acids is 1. The van der Waals surface area contributed by atoms with Gasteiger partial charge in [0.15, 0.2) is 0 Å². The van der Waals surface area contributed by atoms with Gasteiger partial charge in [-0.25, -0.2) is 4.39 Å². The summed E-state index contributed by atoms with van der Waals surface area (Å²) in [7, 11) is 0. The lowest BCUT2D eigenvalue weighted by Crippen LogP contribution is -2.41. The maximum absolute atomic E-state index is 12.8. The molecule has 4 heteroatoms. The maximum atomic E-state index is 12.8. The summed E-state index contributed by atoms with van der Waals surface area (Å²) in [5.41, 5.74) is 0. The molecule has 3 nitrogen and oxygen atoms in total. The van der Waals surface area contributed by atoms with E-state index < -0.39 is 6.17 Å². The molecule has 1 saturated carbocycles. The summed E-state index contributed by atoms with van der Waals surface area (Å²) < 4.78 is 12.8. The van der Waals surface area contributed by atoms with Crippen LogP contribution in [-0.4, -0.2) is 31.2 Å². The van der Waals surface area contributed by atoms with Gasteiger partial charge in [0.25, 0.3) is 0 Å². The second kappa shape index (κ2) is 3.85. The second-order valence-electron chi connectivity index (χ2n) is 4.51. The number of carbonyl (C=O) groups is 1. The third-order valence-electron chi connectivity index (χ3n) is 3.21. The fourth-order valence-electron chi connectivity index (χ4n) is 1.93. The zero-order valence-electron chi connectivity index (χ0n) is 8.42. The summed E-state index contributed by atoms with van der Waals surface area (Å²) in [6.07, 6.45) is 0.682. The minimum atomic E-state index is -0.856. The summed E-state index contributed by atoms with van der Waals surface area (Å²) in [5, 5.41) is 5.74. The Kier molecular flexibility index (Phi) is 2.72. The molecule has 1 heterocycles. The Balaban J connectivity index is 1.68. The average molecular weight is 200 g/mol. The van der Waals surface area contributed by atoms with E-state index in [0.29, 0.717) is 18.9 Å². The van der Waals surface area contributed by atoms with Crippen molar-refractivity contribution in [3.63, 3.8) is 0 Å². The highest BCUT2D eigenvalue weighted by Gasteiger charge is 2.34. The molecule has 1 aliphatic carbocycles. The lowest BCUT2D eigenvalue weighted by molar-refractivity contribution is -0.122. The van der Waals surface area contributed by atoms with Gasteiger partial charge in [0.1, 0.15) is 6.17 Å². The van der Waals surface area contributed by atoms with Gasteiger partial charge in [-0.1, -0.05) is 6.92 Å². The highest BCUT2D eigenvalue weighted by Crippen LogP contribution is 2.36. The first kappa shape index (κ1) is 9.90. The summed E-state index contributed by atoms with van der Waals surface area (Å²) in [6.45, 7) is 3.26. The summed E-state index contributed by atoms with van der Waals surface area (Å²) in [5.74, 6) is 1.37. The van der Waals surface area contributed by atoms with E-state index in [1.165, 1.54) is 6.42 Å². The number of hydrogen-bond donors (Lipinski definition) is 2. The van der Waals surface area contributed by atoms with Crippen molar-refractivity contribution in [3.8, 4) is 0 Å². The standard InChI is InChI=1S/C10H17FN2O/c1-6-2-7(6)4-13-10(14)9-3-8(11)5-12-9/h6-9,12H,2-5H2,1H3,(H,13,14)/t6?,7?,8-,9+/m1/s1. The SMILES string of the molecule is CC1CC1CNC(=O)[C@@H]1C[C@@H](F)CN1. The van der Waals surface area contributed by atoms with Crippen LogP contribution in [0, 0.1) is 11.8 Å². The van der Waals surface area contributed by atoms with Crippen LogP contribution in [0.4, 0.5) is 4.39 Å². The third kappa shape index (κ3) is 2.23. The molecule has 2 fully saturated rings. The molecule has 80 valence electrons. The summed E-state index contributed by atoms with van der Waals surface area (Å²) in [4.78, 5) is 11.5. The fourth-order valence-corrected chi connectivity index (χ4v) is 1.93. The number of nitrogens with one attached hydrogen (secondary N) is 2. The van der Waals surface area contributed by atoms with Crippen molar-refractivity contribution < 1.29 is 9.18 Å². The molecule has 2 aliphatic rings. The molecule has 0 aromatic rings. The number of hydrogen-bond acceptors (Lipinski definition) is 2. The molecule has 2 rings (SSSR count). The Morgan fingerprint density at radius 3 is 2.79 bits per heavy atom. The Labute approximate surface area is 83.4 Å². The van der Waals surface area contributed by atoms with Gasteiger partial charge < -0.3 is 10.6 Å². The fraction of sp³-hybridized carbons (Fsp3) is 0.900. The molecule has 4 atom stereocenters. The van der Waals surface area contributed by atoms with Crippen molar-refractivity contribution in [1.29, 1.82) is 0 Å². The van der Waals surface area contributed by atoms with E-state index in [0.717, 1.165) is 12.5 Å². The van der Waals surface area contributed by atoms with Crippen molar-refractivity contribution in [2.75, 3.05) is 13.1 Å². The topological polar surface area (TPSA) is 41.1 Å². The van der Waals surface area contributed by atoms with Gasteiger partial charge in [0, 0.05) is 19.5 Å². The molecule has 0 bridgehead atoms. The molecular weight excluding hydrogens is 183 g/mol. The van der Waals surface area contributed by atoms with E-state index in [-0.39, 0.29) is 11.9 Å². The van der Waals surface area contributed by atoms with Gasteiger partial charge >= 0.3 is 0 Å². The van der Waals surface area contributed by atoms with Gasteiger partial charge in [-0.2, -0.15) is 0 Å². The quantitative estimate of drug-likeness (QED) is 0.695. The van der Waals surface area contributed by atoms with Crippen LogP contribution in [0.15, 0.2) is 0 Å². The van der Waals surface area contributed by atoms with Crippen LogP contribution in [0.5, 0.6) is 0 Å². The van der Waals surface area contributed by atoms with Crippen molar-refractivity contribution in [1.82, 2.24) is 10.6 Å². The largest absolute Gasteiger partial charge is 0.354 e. The van der Waals surface area contributed by atoms with E-state index in [1.807, 2.05) is 0 Å². The van der Waals surface area contributed by atoms with Gasteiger partial charge in [-0.3, -0.25) is 4.79 Å². The van der Waals surface area contributed by atoms with Crippen LogP contribution in [0.1, 0.15) is 19.8 Å². The molecular formula is C10H17FN2O. The average Bonchev–Trinajstić information content (AvgIpc) is 2.66. The number of alkyl halides is 1. The molecule has 1 saturated heterocycles. The van der Waals surface area contributed by atoms with Crippen LogP contribution >= 0.6 is 0 Å². The Hall–Kier alpha value is -0.640. The normalized spacial score (nSPS) is 41.0.